The number of fused-ring (bicyclic) bond motifs is 3. The van der Waals surface area contributed by atoms with Crippen LogP contribution < -0.4 is 5.32 Å². The number of carboxylic acid groups (broad SMARTS) is 1. The predicted molar refractivity (Wildman–Crippen MR) is 133 cm³/mol. The van der Waals surface area contributed by atoms with E-state index in [1.807, 2.05) is 45.0 Å². The zero-order valence-corrected chi connectivity index (χ0v) is 20.6. The van der Waals surface area contributed by atoms with Gasteiger partial charge in [0.15, 0.2) is 0 Å². The molecule has 0 saturated carbocycles. The number of rotatable bonds is 7. The van der Waals surface area contributed by atoms with Crippen LogP contribution in [0.1, 0.15) is 50.7 Å². The molecule has 35 heavy (non-hydrogen) atoms. The summed E-state index contributed by atoms with van der Waals surface area (Å²) in [5, 5.41) is 12.2. The van der Waals surface area contributed by atoms with E-state index < -0.39 is 24.0 Å². The largest absolute Gasteiger partial charge is 0.481 e. The molecular formula is C28H34N2O5. The molecule has 1 saturated heterocycles. The van der Waals surface area contributed by atoms with Crippen molar-refractivity contribution in [3.8, 4) is 11.1 Å². The highest BCUT2D eigenvalue weighted by molar-refractivity contribution is 5.86. The summed E-state index contributed by atoms with van der Waals surface area (Å²) >= 11 is 0. The minimum absolute atomic E-state index is 0.0525. The van der Waals surface area contributed by atoms with Gasteiger partial charge in [-0.15, -0.1) is 0 Å². The number of aliphatic carboxylic acids is 1. The van der Waals surface area contributed by atoms with Crippen molar-refractivity contribution in [3.63, 3.8) is 0 Å². The molecule has 1 fully saturated rings. The predicted octanol–water partition coefficient (Wildman–Crippen LogP) is 4.51. The Morgan fingerprint density at radius 3 is 2.20 bits per heavy atom. The molecule has 0 aromatic heterocycles. The maximum absolute atomic E-state index is 13.3. The lowest BCUT2D eigenvalue weighted by Crippen LogP contribution is -2.53. The Labute approximate surface area is 206 Å². The van der Waals surface area contributed by atoms with Crippen LogP contribution in [0.4, 0.5) is 4.79 Å². The lowest BCUT2D eigenvalue weighted by molar-refractivity contribution is -0.149. The van der Waals surface area contributed by atoms with E-state index in [1.165, 1.54) is 0 Å². The van der Waals surface area contributed by atoms with Crippen LogP contribution in [-0.2, 0) is 14.3 Å². The molecule has 1 aliphatic carbocycles. The van der Waals surface area contributed by atoms with Crippen molar-refractivity contribution >= 4 is 18.0 Å². The lowest BCUT2D eigenvalue weighted by Gasteiger charge is -2.37. The van der Waals surface area contributed by atoms with Gasteiger partial charge in [0.1, 0.15) is 12.6 Å². The van der Waals surface area contributed by atoms with Crippen LogP contribution >= 0.6 is 0 Å². The maximum Gasteiger partial charge on any atom is 0.407 e. The molecule has 1 aliphatic heterocycles. The van der Waals surface area contributed by atoms with E-state index in [2.05, 4.69) is 29.6 Å². The van der Waals surface area contributed by atoms with Crippen LogP contribution in [0.15, 0.2) is 48.5 Å². The Kier molecular flexibility index (Phi) is 7.43. The van der Waals surface area contributed by atoms with Gasteiger partial charge in [-0.25, -0.2) is 4.79 Å². The second kappa shape index (κ2) is 10.5. The van der Waals surface area contributed by atoms with Crippen molar-refractivity contribution < 1.29 is 24.2 Å². The third-order valence-electron chi connectivity index (χ3n) is 7.18. The smallest absolute Gasteiger partial charge is 0.407 e. The van der Waals surface area contributed by atoms with Gasteiger partial charge in [-0.05, 0) is 46.9 Å². The zero-order chi connectivity index (χ0) is 25.1. The van der Waals surface area contributed by atoms with Gasteiger partial charge < -0.3 is 20.1 Å². The van der Waals surface area contributed by atoms with Gasteiger partial charge in [-0.3, -0.25) is 9.59 Å². The third-order valence-corrected chi connectivity index (χ3v) is 7.18. The quantitative estimate of drug-likeness (QED) is 0.611. The molecule has 2 aromatic rings. The number of piperidine rings is 1. The summed E-state index contributed by atoms with van der Waals surface area (Å²) in [6.45, 7) is 6.79. The number of nitrogens with one attached hydrogen (secondary N) is 1. The third kappa shape index (κ3) is 5.34. The first kappa shape index (κ1) is 24.8. The number of likely N-dealkylation sites (tertiary alicyclic amines) is 1. The molecule has 0 spiro atoms. The van der Waals surface area contributed by atoms with Gasteiger partial charge in [0.2, 0.25) is 5.91 Å². The summed E-state index contributed by atoms with van der Waals surface area (Å²) in [7, 11) is 0. The summed E-state index contributed by atoms with van der Waals surface area (Å²) in [5.41, 5.74) is 4.57. The van der Waals surface area contributed by atoms with Crippen molar-refractivity contribution in [2.24, 2.45) is 17.8 Å². The monoisotopic (exact) mass is 478 g/mol. The molecule has 4 rings (SSSR count). The fourth-order valence-corrected chi connectivity index (χ4v) is 5.41. The Balaban J connectivity index is 1.41. The van der Waals surface area contributed by atoms with E-state index in [4.69, 9.17) is 4.74 Å². The second-order valence-corrected chi connectivity index (χ2v) is 10.1. The SMILES string of the molecule is CC(C)CC(NC(=O)OCC1c2ccccc2-c2ccccc21)C(=O)N1CCC(C(=O)O)C(C)C1. The highest BCUT2D eigenvalue weighted by Crippen LogP contribution is 2.44. The van der Waals surface area contributed by atoms with Gasteiger partial charge in [0, 0.05) is 19.0 Å². The first-order chi connectivity index (χ1) is 16.8. The minimum Gasteiger partial charge on any atom is -0.481 e. The van der Waals surface area contributed by atoms with E-state index in [0.717, 1.165) is 22.3 Å². The Morgan fingerprint density at radius 2 is 1.66 bits per heavy atom. The molecule has 7 heteroatoms. The van der Waals surface area contributed by atoms with Crippen LogP contribution in [-0.4, -0.2) is 53.7 Å². The summed E-state index contributed by atoms with van der Waals surface area (Å²) in [6, 6.07) is 15.6. The Hall–Kier alpha value is -3.35. The summed E-state index contributed by atoms with van der Waals surface area (Å²) in [5.74, 6) is -1.45. The molecular weight excluding hydrogens is 444 g/mol. The Morgan fingerprint density at radius 1 is 1.06 bits per heavy atom. The molecule has 2 N–H and O–H groups in total. The first-order valence-electron chi connectivity index (χ1n) is 12.4. The van der Waals surface area contributed by atoms with Crippen LogP contribution in [0.3, 0.4) is 0 Å². The van der Waals surface area contributed by atoms with Crippen molar-refractivity contribution in [2.45, 2.75) is 45.6 Å². The second-order valence-electron chi connectivity index (χ2n) is 10.1. The topological polar surface area (TPSA) is 95.9 Å². The molecule has 0 bridgehead atoms. The van der Waals surface area contributed by atoms with Gasteiger partial charge in [-0.2, -0.15) is 0 Å². The molecule has 7 nitrogen and oxygen atoms in total. The van der Waals surface area contributed by atoms with E-state index >= 15 is 0 Å². The molecule has 3 atom stereocenters. The van der Waals surface area contributed by atoms with Crippen LogP contribution in [0.2, 0.25) is 0 Å². The highest BCUT2D eigenvalue weighted by Gasteiger charge is 2.36. The van der Waals surface area contributed by atoms with Crippen LogP contribution in [0.5, 0.6) is 0 Å². The van der Waals surface area contributed by atoms with Crippen molar-refractivity contribution in [2.75, 3.05) is 19.7 Å². The summed E-state index contributed by atoms with van der Waals surface area (Å²) < 4.78 is 5.66. The van der Waals surface area contributed by atoms with Gasteiger partial charge in [0.25, 0.3) is 0 Å². The van der Waals surface area contributed by atoms with Crippen molar-refractivity contribution in [1.29, 1.82) is 0 Å². The number of alkyl carbamates (subject to hydrolysis) is 1. The maximum atomic E-state index is 13.3. The van der Waals surface area contributed by atoms with Gasteiger partial charge in [0.05, 0.1) is 5.92 Å². The number of amides is 2. The fourth-order valence-electron chi connectivity index (χ4n) is 5.41. The minimum atomic E-state index is -0.819. The van der Waals surface area contributed by atoms with E-state index in [0.29, 0.717) is 25.9 Å². The van der Waals surface area contributed by atoms with E-state index in [9.17, 15) is 19.5 Å². The average molecular weight is 479 g/mol. The van der Waals surface area contributed by atoms with Crippen LogP contribution in [0.25, 0.3) is 11.1 Å². The molecule has 2 aliphatic rings. The summed E-state index contributed by atoms with van der Waals surface area (Å²) in [6.07, 6.45) is 0.289. The number of carboxylic acids is 1. The molecule has 2 amide bonds. The summed E-state index contributed by atoms with van der Waals surface area (Å²) in [4.78, 5) is 39.2. The van der Waals surface area contributed by atoms with Crippen molar-refractivity contribution in [1.82, 2.24) is 10.2 Å². The number of hydrogen-bond donors (Lipinski definition) is 2. The number of ether oxygens (including phenoxy) is 1. The highest BCUT2D eigenvalue weighted by atomic mass is 16.5. The normalized spacial score (nSPS) is 20.2. The number of carbonyl (C=O) groups excluding carboxylic acids is 2. The molecule has 1 heterocycles. The van der Waals surface area contributed by atoms with Gasteiger partial charge in [-0.1, -0.05) is 69.3 Å². The molecule has 3 unspecified atom stereocenters. The number of hydrogen-bond acceptors (Lipinski definition) is 4. The number of carbonyl (C=O) groups is 3. The molecule has 2 aromatic carbocycles. The molecule has 0 radical (unpaired) electrons. The standard InChI is InChI=1S/C28H34N2O5/c1-17(2)14-25(26(31)30-13-12-19(27(32)33)18(3)15-30)29-28(34)35-16-24-22-10-6-4-8-20(22)21-9-5-7-11-23(21)24/h4-11,17-19,24-25H,12-16H2,1-3H3,(H,29,34)(H,32,33). The van der Waals surface area contributed by atoms with Crippen LogP contribution in [0, 0.1) is 17.8 Å². The number of nitrogens with zero attached hydrogens (tertiary/aromatic N) is 1. The Bertz CT molecular complexity index is 1050. The van der Waals surface area contributed by atoms with E-state index in [-0.39, 0.29) is 30.3 Å². The van der Waals surface area contributed by atoms with Gasteiger partial charge >= 0.3 is 12.1 Å². The zero-order valence-electron chi connectivity index (χ0n) is 20.6. The van der Waals surface area contributed by atoms with E-state index in [1.54, 1.807) is 4.90 Å². The van der Waals surface area contributed by atoms with Crippen molar-refractivity contribution in [3.05, 3.63) is 59.7 Å². The fraction of sp³-hybridized carbons (Fsp3) is 0.464. The molecule has 186 valence electrons. The number of benzene rings is 2. The lowest BCUT2D eigenvalue weighted by atomic mass is 9.86. The average Bonchev–Trinajstić information content (AvgIpc) is 3.15. The first-order valence-corrected chi connectivity index (χ1v) is 12.4.